The number of allylic oxidation sites excluding steroid dienone is 3. The maximum atomic E-state index is 10.8. The van der Waals surface area contributed by atoms with E-state index >= 15 is 0 Å². The second kappa shape index (κ2) is 10.9. The van der Waals surface area contributed by atoms with E-state index in [4.69, 9.17) is 10.1 Å². The third-order valence-corrected chi connectivity index (χ3v) is 3.73. The number of nitrogens with one attached hydrogen (secondary N) is 2. The highest BCUT2D eigenvalue weighted by atomic mass is 32.1. The van der Waals surface area contributed by atoms with E-state index < -0.39 is 0 Å². The molecule has 1 aromatic rings. The van der Waals surface area contributed by atoms with Gasteiger partial charge in [0.15, 0.2) is 0 Å². The van der Waals surface area contributed by atoms with Gasteiger partial charge < -0.3 is 15.5 Å². The number of rotatable bonds is 6. The minimum Gasteiger partial charge on any atom is -0.460 e. The van der Waals surface area contributed by atoms with Gasteiger partial charge in [0.05, 0.1) is 0 Å². The zero-order chi connectivity index (χ0) is 16.2. The van der Waals surface area contributed by atoms with Crippen LogP contribution in [0.5, 0.6) is 0 Å². The van der Waals surface area contributed by atoms with Gasteiger partial charge in [0.25, 0.3) is 0 Å². The first-order valence-corrected chi connectivity index (χ1v) is 8.32. The molecule has 1 aromatic heterocycles. The highest BCUT2D eigenvalue weighted by Crippen LogP contribution is 2.11. The minimum absolute atomic E-state index is 0.0611. The first-order chi connectivity index (χ1) is 10.7. The van der Waals surface area contributed by atoms with E-state index in [1.165, 1.54) is 11.1 Å². The van der Waals surface area contributed by atoms with Gasteiger partial charge >= 0.3 is 5.97 Å². The second-order valence-electron chi connectivity index (χ2n) is 4.95. The Labute approximate surface area is 136 Å². The average molecular weight is 320 g/mol. The number of esters is 1. The van der Waals surface area contributed by atoms with Gasteiger partial charge in [-0.1, -0.05) is 19.1 Å². The monoisotopic (exact) mass is 320 g/mol. The van der Waals surface area contributed by atoms with Crippen LogP contribution in [0, 0.1) is 5.41 Å². The predicted molar refractivity (Wildman–Crippen MR) is 93.6 cm³/mol. The molecule has 0 unspecified atom stereocenters. The molecule has 1 aliphatic heterocycles. The summed E-state index contributed by atoms with van der Waals surface area (Å²) < 4.78 is 5.03. The van der Waals surface area contributed by atoms with Crippen molar-refractivity contribution in [1.29, 1.82) is 5.41 Å². The number of ether oxygens (including phenoxy) is 1. The molecule has 4 nitrogen and oxygen atoms in total. The minimum atomic E-state index is -0.0611. The maximum Gasteiger partial charge on any atom is 0.306 e. The first kappa shape index (κ1) is 18.3. The summed E-state index contributed by atoms with van der Waals surface area (Å²) in [6.07, 6.45) is 8.71. The zero-order valence-electron chi connectivity index (χ0n) is 13.2. The Bertz CT molecular complexity index is 503. The molecule has 0 saturated carbocycles. The summed E-state index contributed by atoms with van der Waals surface area (Å²) in [6.45, 7) is 5.61. The van der Waals surface area contributed by atoms with E-state index in [2.05, 4.69) is 22.8 Å². The molecule has 0 aromatic carbocycles. The molecule has 22 heavy (non-hydrogen) atoms. The van der Waals surface area contributed by atoms with E-state index in [9.17, 15) is 4.79 Å². The number of hydrogen-bond donors (Lipinski definition) is 2. The van der Waals surface area contributed by atoms with Crippen molar-refractivity contribution in [2.24, 2.45) is 0 Å². The topological polar surface area (TPSA) is 62.2 Å². The molecule has 0 amide bonds. The van der Waals surface area contributed by atoms with Crippen LogP contribution >= 0.6 is 11.3 Å². The number of carbonyl (C=O) groups excluding carboxylic acids is 1. The van der Waals surface area contributed by atoms with Crippen molar-refractivity contribution in [2.75, 3.05) is 13.1 Å². The van der Waals surface area contributed by atoms with Crippen LogP contribution in [0.1, 0.15) is 31.6 Å². The van der Waals surface area contributed by atoms with Crippen molar-refractivity contribution in [2.45, 2.75) is 32.8 Å². The van der Waals surface area contributed by atoms with E-state index in [-0.39, 0.29) is 12.1 Å². The second-order valence-corrected chi connectivity index (χ2v) is 5.93. The molecular formula is C17H24N2O2S. The Morgan fingerprint density at radius 1 is 1.55 bits per heavy atom. The van der Waals surface area contributed by atoms with E-state index in [1.54, 1.807) is 17.4 Å². The number of carbonyl (C=O) groups is 1. The van der Waals surface area contributed by atoms with Gasteiger partial charge in [0, 0.05) is 30.6 Å². The van der Waals surface area contributed by atoms with Gasteiger partial charge in [-0.15, -0.1) is 11.3 Å². The summed E-state index contributed by atoms with van der Waals surface area (Å²) in [5, 5.41) is 11.9. The molecule has 120 valence electrons. The lowest BCUT2D eigenvalue weighted by Gasteiger charge is -2.26. The van der Waals surface area contributed by atoms with E-state index in [0.717, 1.165) is 25.1 Å². The standard InChI is InChI=1S/C10H11NS.C7H13NO2/c1-9(6-7-11)4-5-10-3-2-8-12-10;1-2-3-7(9)10-6-4-8-5-6/h2-8,11H,1H3;6,8H,2-5H2,1H3/b5-4+,9-6+,11-7?;. The van der Waals surface area contributed by atoms with Crippen LogP contribution in [-0.4, -0.2) is 31.4 Å². The molecule has 0 aliphatic carbocycles. The van der Waals surface area contributed by atoms with Crippen LogP contribution in [0.2, 0.25) is 0 Å². The molecule has 2 heterocycles. The molecule has 0 radical (unpaired) electrons. The van der Waals surface area contributed by atoms with Crippen LogP contribution < -0.4 is 5.32 Å². The van der Waals surface area contributed by atoms with Gasteiger partial charge in [-0.05, 0) is 42.5 Å². The summed E-state index contributed by atoms with van der Waals surface area (Å²) in [5.74, 6) is -0.0611. The Morgan fingerprint density at radius 2 is 2.32 bits per heavy atom. The van der Waals surface area contributed by atoms with Crippen molar-refractivity contribution in [1.82, 2.24) is 5.32 Å². The van der Waals surface area contributed by atoms with E-state index in [1.807, 2.05) is 26.0 Å². The lowest BCUT2D eigenvalue weighted by Crippen LogP contribution is -2.49. The smallest absolute Gasteiger partial charge is 0.306 e. The predicted octanol–water partition coefficient (Wildman–Crippen LogP) is 3.66. The molecule has 0 spiro atoms. The van der Waals surface area contributed by atoms with Crippen LogP contribution in [0.4, 0.5) is 0 Å². The van der Waals surface area contributed by atoms with Crippen LogP contribution in [0.3, 0.4) is 0 Å². The lowest BCUT2D eigenvalue weighted by atomic mass is 10.2. The largest absolute Gasteiger partial charge is 0.460 e. The zero-order valence-corrected chi connectivity index (χ0v) is 14.0. The lowest BCUT2D eigenvalue weighted by molar-refractivity contribution is -0.151. The Hall–Kier alpha value is -1.72. The Balaban J connectivity index is 0.000000224. The molecule has 1 fully saturated rings. The third-order valence-electron chi connectivity index (χ3n) is 2.90. The van der Waals surface area contributed by atoms with Gasteiger partial charge in [-0.3, -0.25) is 4.79 Å². The van der Waals surface area contributed by atoms with Crippen molar-refractivity contribution in [3.05, 3.63) is 40.1 Å². The van der Waals surface area contributed by atoms with Crippen molar-refractivity contribution in [3.63, 3.8) is 0 Å². The maximum absolute atomic E-state index is 10.8. The molecule has 5 heteroatoms. The molecule has 2 rings (SSSR count). The molecule has 0 bridgehead atoms. The van der Waals surface area contributed by atoms with Gasteiger partial charge in [-0.25, -0.2) is 0 Å². The molecule has 0 atom stereocenters. The number of hydrogen-bond acceptors (Lipinski definition) is 5. The normalized spacial score (nSPS) is 14.9. The van der Waals surface area contributed by atoms with Gasteiger partial charge in [-0.2, -0.15) is 0 Å². The summed E-state index contributed by atoms with van der Waals surface area (Å²) in [4.78, 5) is 12.0. The fraction of sp³-hybridized carbons (Fsp3) is 0.412. The summed E-state index contributed by atoms with van der Waals surface area (Å²) in [5.41, 5.74) is 1.10. The fourth-order valence-electron chi connectivity index (χ4n) is 1.58. The van der Waals surface area contributed by atoms with Crippen molar-refractivity contribution < 1.29 is 9.53 Å². The van der Waals surface area contributed by atoms with Crippen molar-refractivity contribution in [3.8, 4) is 0 Å². The van der Waals surface area contributed by atoms with Crippen LogP contribution in [0.25, 0.3) is 6.08 Å². The molecule has 1 aliphatic rings. The van der Waals surface area contributed by atoms with Gasteiger partial charge in [0.2, 0.25) is 0 Å². The molecule has 2 N–H and O–H groups in total. The van der Waals surface area contributed by atoms with Crippen LogP contribution in [-0.2, 0) is 9.53 Å². The Kier molecular flexibility index (Phi) is 9.11. The molecule has 1 saturated heterocycles. The summed E-state index contributed by atoms with van der Waals surface area (Å²) in [7, 11) is 0. The number of thiophene rings is 1. The average Bonchev–Trinajstić information content (AvgIpc) is 2.95. The first-order valence-electron chi connectivity index (χ1n) is 7.44. The van der Waals surface area contributed by atoms with Crippen molar-refractivity contribution >= 4 is 29.6 Å². The summed E-state index contributed by atoms with van der Waals surface area (Å²) in [6, 6.07) is 4.10. The summed E-state index contributed by atoms with van der Waals surface area (Å²) >= 11 is 1.71. The van der Waals surface area contributed by atoms with E-state index in [0.29, 0.717) is 6.42 Å². The SMILES string of the molecule is CC(/C=C/c1cccs1)=C\C=N.CCCC(=O)OC1CNC1. The fourth-order valence-corrected chi connectivity index (χ4v) is 2.20. The third kappa shape index (κ3) is 7.90. The highest BCUT2D eigenvalue weighted by molar-refractivity contribution is 7.10. The van der Waals surface area contributed by atoms with Crippen LogP contribution in [0.15, 0.2) is 35.2 Å². The highest BCUT2D eigenvalue weighted by Gasteiger charge is 2.19. The quantitative estimate of drug-likeness (QED) is 0.478. The molecular weight excluding hydrogens is 296 g/mol. The Morgan fingerprint density at radius 3 is 2.82 bits per heavy atom. The van der Waals surface area contributed by atoms with Gasteiger partial charge in [0.1, 0.15) is 6.10 Å².